The molecule has 0 aliphatic carbocycles. The van der Waals surface area contributed by atoms with Crippen molar-refractivity contribution in [3.8, 4) is 0 Å². The Morgan fingerprint density at radius 2 is 2.00 bits per heavy atom. The highest BCUT2D eigenvalue weighted by molar-refractivity contribution is 5.80. The van der Waals surface area contributed by atoms with Crippen molar-refractivity contribution in [2.45, 2.75) is 32.4 Å². The first-order valence-corrected chi connectivity index (χ1v) is 4.78. The van der Waals surface area contributed by atoms with Gasteiger partial charge in [-0.15, -0.1) is 0 Å². The SMILES string of the molecule is CCOC(=O)C(C)(C)c1nc(C(F)(F)F)no1. The van der Waals surface area contributed by atoms with Gasteiger partial charge in [0.2, 0.25) is 5.89 Å². The van der Waals surface area contributed by atoms with Gasteiger partial charge in [0.15, 0.2) is 0 Å². The van der Waals surface area contributed by atoms with Gasteiger partial charge in [0.1, 0.15) is 5.41 Å². The van der Waals surface area contributed by atoms with Gasteiger partial charge in [-0.25, -0.2) is 0 Å². The number of carbonyl (C=O) groups excluding carboxylic acids is 1. The van der Waals surface area contributed by atoms with E-state index in [0.717, 1.165) is 0 Å². The summed E-state index contributed by atoms with van der Waals surface area (Å²) in [5.74, 6) is -2.56. The molecule has 0 radical (unpaired) electrons. The quantitative estimate of drug-likeness (QED) is 0.769. The molecule has 0 amide bonds. The van der Waals surface area contributed by atoms with Gasteiger partial charge in [-0.2, -0.15) is 18.2 Å². The number of halogens is 3. The molecule has 0 unspecified atom stereocenters. The largest absolute Gasteiger partial charge is 0.465 e. The first-order valence-electron chi connectivity index (χ1n) is 4.78. The molecule has 0 N–H and O–H groups in total. The number of rotatable bonds is 3. The van der Waals surface area contributed by atoms with E-state index in [1.54, 1.807) is 6.92 Å². The van der Waals surface area contributed by atoms with E-state index in [1.165, 1.54) is 13.8 Å². The van der Waals surface area contributed by atoms with Crippen LogP contribution in [-0.4, -0.2) is 22.7 Å². The Kier molecular flexibility index (Phi) is 3.44. The van der Waals surface area contributed by atoms with E-state index in [0.29, 0.717) is 0 Å². The van der Waals surface area contributed by atoms with E-state index in [2.05, 4.69) is 14.7 Å². The molecule has 5 nitrogen and oxygen atoms in total. The zero-order valence-corrected chi connectivity index (χ0v) is 9.46. The van der Waals surface area contributed by atoms with E-state index in [4.69, 9.17) is 4.74 Å². The monoisotopic (exact) mass is 252 g/mol. The fourth-order valence-electron chi connectivity index (χ4n) is 0.991. The van der Waals surface area contributed by atoms with E-state index in [9.17, 15) is 18.0 Å². The number of esters is 1. The zero-order chi connectivity index (χ0) is 13.3. The molecule has 17 heavy (non-hydrogen) atoms. The van der Waals surface area contributed by atoms with Gasteiger partial charge < -0.3 is 9.26 Å². The maximum Gasteiger partial charge on any atom is 0.455 e. The molecular formula is C9H11F3N2O3. The second-order valence-electron chi connectivity index (χ2n) is 3.77. The molecule has 8 heteroatoms. The van der Waals surface area contributed by atoms with Crippen LogP contribution in [0.3, 0.4) is 0 Å². The number of carbonyl (C=O) groups is 1. The van der Waals surface area contributed by atoms with Gasteiger partial charge in [-0.1, -0.05) is 5.16 Å². The lowest BCUT2D eigenvalue weighted by Crippen LogP contribution is -2.31. The maximum absolute atomic E-state index is 12.2. The van der Waals surface area contributed by atoms with Crippen molar-refractivity contribution in [1.29, 1.82) is 0 Å². The van der Waals surface area contributed by atoms with Crippen LogP contribution in [0.1, 0.15) is 32.5 Å². The number of hydrogen-bond acceptors (Lipinski definition) is 5. The number of nitrogens with zero attached hydrogens (tertiary/aromatic N) is 2. The predicted molar refractivity (Wildman–Crippen MR) is 49.0 cm³/mol. The number of hydrogen-bond donors (Lipinski definition) is 0. The molecule has 0 aliphatic rings. The second-order valence-corrected chi connectivity index (χ2v) is 3.77. The summed E-state index contributed by atoms with van der Waals surface area (Å²) in [6.45, 7) is 4.39. The lowest BCUT2D eigenvalue weighted by atomic mass is 9.94. The molecule has 0 aromatic carbocycles. The van der Waals surface area contributed by atoms with Crippen LogP contribution in [0.2, 0.25) is 0 Å². The smallest absolute Gasteiger partial charge is 0.455 e. The summed E-state index contributed by atoms with van der Waals surface area (Å²) in [7, 11) is 0. The normalized spacial score (nSPS) is 12.6. The molecular weight excluding hydrogens is 241 g/mol. The summed E-state index contributed by atoms with van der Waals surface area (Å²) in [6.07, 6.45) is -4.70. The Labute approximate surface area is 94.9 Å². The third-order valence-corrected chi connectivity index (χ3v) is 2.00. The van der Waals surface area contributed by atoms with E-state index in [1.807, 2.05) is 0 Å². The molecule has 1 aromatic rings. The zero-order valence-electron chi connectivity index (χ0n) is 9.46. The van der Waals surface area contributed by atoms with Crippen molar-refractivity contribution < 1.29 is 27.2 Å². The molecule has 0 saturated heterocycles. The van der Waals surface area contributed by atoms with Gasteiger partial charge in [0.25, 0.3) is 5.82 Å². The summed E-state index contributed by atoms with van der Waals surface area (Å²) >= 11 is 0. The summed E-state index contributed by atoms with van der Waals surface area (Å²) in [4.78, 5) is 14.6. The molecule has 0 atom stereocenters. The Bertz CT molecular complexity index is 412. The van der Waals surface area contributed by atoms with Gasteiger partial charge in [-0.3, -0.25) is 4.79 Å². The minimum Gasteiger partial charge on any atom is -0.465 e. The average Bonchev–Trinajstić information content (AvgIpc) is 2.66. The lowest BCUT2D eigenvalue weighted by Gasteiger charge is -2.16. The van der Waals surface area contributed by atoms with Crippen LogP contribution in [0.4, 0.5) is 13.2 Å². The van der Waals surface area contributed by atoms with E-state index < -0.39 is 29.3 Å². The average molecular weight is 252 g/mol. The summed E-state index contributed by atoms with van der Waals surface area (Å²) in [5.41, 5.74) is -1.41. The van der Waals surface area contributed by atoms with Gasteiger partial charge >= 0.3 is 12.1 Å². The number of ether oxygens (including phenoxy) is 1. The van der Waals surface area contributed by atoms with Crippen molar-refractivity contribution in [3.05, 3.63) is 11.7 Å². The fraction of sp³-hybridized carbons (Fsp3) is 0.667. The summed E-state index contributed by atoms with van der Waals surface area (Å²) < 4.78 is 45.9. The molecule has 0 fully saturated rings. The van der Waals surface area contributed by atoms with Crippen LogP contribution in [0.15, 0.2) is 4.52 Å². The molecule has 0 spiro atoms. The topological polar surface area (TPSA) is 65.2 Å². The van der Waals surface area contributed by atoms with Crippen LogP contribution >= 0.6 is 0 Å². The Morgan fingerprint density at radius 1 is 1.41 bits per heavy atom. The third-order valence-electron chi connectivity index (χ3n) is 2.00. The highest BCUT2D eigenvalue weighted by atomic mass is 19.4. The molecule has 1 aromatic heterocycles. The Morgan fingerprint density at radius 3 is 2.41 bits per heavy atom. The standard InChI is InChI=1S/C9H11F3N2O3/c1-4-16-7(15)8(2,3)6-13-5(14-17-6)9(10,11)12/h4H2,1-3H3. The van der Waals surface area contributed by atoms with Crippen LogP contribution in [-0.2, 0) is 21.1 Å². The van der Waals surface area contributed by atoms with Crippen molar-refractivity contribution >= 4 is 5.97 Å². The summed E-state index contributed by atoms with van der Waals surface area (Å²) in [5, 5.41) is 2.78. The number of aromatic nitrogens is 2. The van der Waals surface area contributed by atoms with Gasteiger partial charge in [0.05, 0.1) is 6.61 Å². The maximum atomic E-state index is 12.2. The van der Waals surface area contributed by atoms with Crippen molar-refractivity contribution in [3.63, 3.8) is 0 Å². The molecule has 1 rings (SSSR count). The Hall–Kier alpha value is -1.60. The molecule has 0 bridgehead atoms. The predicted octanol–water partition coefficient (Wildman–Crippen LogP) is 1.93. The first-order chi connectivity index (χ1) is 7.69. The van der Waals surface area contributed by atoms with Crippen molar-refractivity contribution in [2.24, 2.45) is 0 Å². The molecule has 0 aliphatic heterocycles. The minimum absolute atomic E-state index is 0.114. The Balaban J connectivity index is 3.00. The van der Waals surface area contributed by atoms with Gasteiger partial charge in [0, 0.05) is 0 Å². The highest BCUT2D eigenvalue weighted by Gasteiger charge is 2.42. The van der Waals surface area contributed by atoms with Crippen LogP contribution in [0.25, 0.3) is 0 Å². The second kappa shape index (κ2) is 4.34. The van der Waals surface area contributed by atoms with Crippen molar-refractivity contribution in [1.82, 2.24) is 10.1 Å². The lowest BCUT2D eigenvalue weighted by molar-refractivity contribution is -0.150. The van der Waals surface area contributed by atoms with Crippen LogP contribution in [0.5, 0.6) is 0 Å². The van der Waals surface area contributed by atoms with E-state index in [-0.39, 0.29) is 6.61 Å². The number of alkyl halides is 3. The fourth-order valence-corrected chi connectivity index (χ4v) is 0.991. The van der Waals surface area contributed by atoms with Gasteiger partial charge in [-0.05, 0) is 20.8 Å². The molecule has 96 valence electrons. The third kappa shape index (κ3) is 2.75. The van der Waals surface area contributed by atoms with Crippen molar-refractivity contribution in [2.75, 3.05) is 6.61 Å². The summed E-state index contributed by atoms with van der Waals surface area (Å²) in [6, 6.07) is 0. The first kappa shape index (κ1) is 13.5. The minimum atomic E-state index is -4.70. The highest BCUT2D eigenvalue weighted by Crippen LogP contribution is 2.30. The van der Waals surface area contributed by atoms with Crippen LogP contribution < -0.4 is 0 Å². The molecule has 1 heterocycles. The van der Waals surface area contributed by atoms with Crippen LogP contribution in [0, 0.1) is 0 Å². The van der Waals surface area contributed by atoms with E-state index >= 15 is 0 Å². The molecule has 0 saturated carbocycles.